The molecule has 0 aliphatic carbocycles. The van der Waals surface area contributed by atoms with Crippen LogP contribution in [0.25, 0.3) is 0 Å². The van der Waals surface area contributed by atoms with E-state index in [1.807, 2.05) is 12.1 Å². The Hall–Kier alpha value is -2.20. The molecule has 0 aliphatic rings. The molecule has 0 unspecified atom stereocenters. The highest BCUT2D eigenvalue weighted by atomic mass is 32.2. The lowest BCUT2D eigenvalue weighted by Crippen LogP contribution is -2.24. The molecule has 2 N–H and O–H groups in total. The lowest BCUT2D eigenvalue weighted by molar-refractivity contribution is 0.257. The van der Waals surface area contributed by atoms with Crippen molar-refractivity contribution in [1.82, 2.24) is 19.7 Å². The molecule has 2 heterocycles. The zero-order valence-electron chi connectivity index (χ0n) is 13.4. The Morgan fingerprint density at radius 3 is 2.58 bits per heavy atom. The summed E-state index contributed by atoms with van der Waals surface area (Å²) in [5.74, 6) is 1.57. The van der Waals surface area contributed by atoms with Crippen LogP contribution in [0.5, 0.6) is 11.8 Å². The first-order valence-electron chi connectivity index (χ1n) is 6.95. The van der Waals surface area contributed by atoms with E-state index >= 15 is 0 Å². The average Bonchev–Trinajstić information content (AvgIpc) is 2.60. The largest absolute Gasteiger partial charge is 0.481 e. The zero-order chi connectivity index (χ0) is 17.4. The number of nitrogens with zero attached hydrogens (tertiary/aromatic N) is 3. The molecule has 8 nitrogen and oxygen atoms in total. The van der Waals surface area contributed by atoms with Gasteiger partial charge in [-0.3, -0.25) is 10.0 Å². The topological polar surface area (TPSA) is 98.3 Å². The summed E-state index contributed by atoms with van der Waals surface area (Å²) in [4.78, 5) is 25.3. The Morgan fingerprint density at radius 1 is 1.25 bits per heavy atom. The van der Waals surface area contributed by atoms with Gasteiger partial charge in [-0.05, 0) is 17.9 Å². The minimum atomic E-state index is -0.478. The number of urea groups is 1. The fourth-order valence-electron chi connectivity index (χ4n) is 1.61. The Balaban J connectivity index is 1.99. The molecule has 2 amide bonds. The molecule has 0 fully saturated rings. The molecule has 128 valence electrons. The summed E-state index contributed by atoms with van der Waals surface area (Å²) in [6.07, 6.45) is 1.68. The van der Waals surface area contributed by atoms with Crippen molar-refractivity contribution < 1.29 is 14.3 Å². The fraction of sp³-hybridized carbons (Fsp3) is 0.286. The standard InChI is InChI=1S/C14H17N5O3S2/c1-4-23-9-6-5-7-15-12(9)24-19-14(20)18-13-16-10(21-2)8-11(17-13)22-3/h5-8H,4H2,1-3H3,(H2,16,17,18,19,20). The highest BCUT2D eigenvalue weighted by Gasteiger charge is 2.11. The van der Waals surface area contributed by atoms with Crippen LogP contribution in [-0.4, -0.2) is 41.0 Å². The van der Waals surface area contributed by atoms with Crippen molar-refractivity contribution in [2.45, 2.75) is 16.8 Å². The Morgan fingerprint density at radius 2 is 1.96 bits per heavy atom. The summed E-state index contributed by atoms with van der Waals surface area (Å²) in [5.41, 5.74) is 0. The Labute approximate surface area is 148 Å². The van der Waals surface area contributed by atoms with Crippen molar-refractivity contribution in [3.05, 3.63) is 24.4 Å². The van der Waals surface area contributed by atoms with Crippen LogP contribution < -0.4 is 19.5 Å². The molecule has 2 rings (SSSR count). The van der Waals surface area contributed by atoms with Crippen molar-refractivity contribution >= 4 is 35.7 Å². The summed E-state index contributed by atoms with van der Waals surface area (Å²) in [6, 6.07) is 4.85. The molecule has 0 saturated heterocycles. The number of nitrogens with one attached hydrogen (secondary N) is 2. The van der Waals surface area contributed by atoms with Crippen molar-refractivity contribution in [2.24, 2.45) is 0 Å². The van der Waals surface area contributed by atoms with Gasteiger partial charge in [0.25, 0.3) is 0 Å². The molecular weight excluding hydrogens is 350 g/mol. The molecule has 0 aliphatic heterocycles. The first-order valence-corrected chi connectivity index (χ1v) is 8.75. The predicted octanol–water partition coefficient (Wildman–Crippen LogP) is 2.83. The second-order valence-corrected chi connectivity index (χ2v) is 6.28. The molecule has 0 saturated carbocycles. The monoisotopic (exact) mass is 367 g/mol. The van der Waals surface area contributed by atoms with Crippen LogP contribution in [0, 0.1) is 0 Å². The van der Waals surface area contributed by atoms with Crippen LogP contribution in [0.1, 0.15) is 6.92 Å². The molecule has 24 heavy (non-hydrogen) atoms. The summed E-state index contributed by atoms with van der Waals surface area (Å²) in [5, 5.41) is 3.25. The molecule has 2 aromatic heterocycles. The van der Waals surface area contributed by atoms with E-state index < -0.39 is 6.03 Å². The maximum absolute atomic E-state index is 12.0. The summed E-state index contributed by atoms with van der Waals surface area (Å²) >= 11 is 2.78. The number of aromatic nitrogens is 3. The fourth-order valence-corrected chi connectivity index (χ4v) is 3.10. The number of amides is 2. The van der Waals surface area contributed by atoms with Crippen LogP contribution in [0.2, 0.25) is 0 Å². The van der Waals surface area contributed by atoms with E-state index in [1.165, 1.54) is 20.3 Å². The quantitative estimate of drug-likeness (QED) is 0.569. The van der Waals surface area contributed by atoms with Crippen molar-refractivity contribution in [3.63, 3.8) is 0 Å². The first-order chi connectivity index (χ1) is 11.7. The second kappa shape index (κ2) is 9.18. The van der Waals surface area contributed by atoms with E-state index in [4.69, 9.17) is 9.47 Å². The summed E-state index contributed by atoms with van der Waals surface area (Å²) in [6.45, 7) is 2.06. The zero-order valence-corrected chi connectivity index (χ0v) is 15.0. The van der Waals surface area contributed by atoms with Gasteiger partial charge >= 0.3 is 6.03 Å². The van der Waals surface area contributed by atoms with E-state index in [1.54, 1.807) is 18.0 Å². The third-order valence-electron chi connectivity index (χ3n) is 2.60. The maximum Gasteiger partial charge on any atom is 0.331 e. The number of anilines is 1. The number of carbonyl (C=O) groups is 1. The summed E-state index contributed by atoms with van der Waals surface area (Å²) in [7, 11) is 2.94. The minimum absolute atomic E-state index is 0.0773. The van der Waals surface area contributed by atoms with Gasteiger partial charge in [0.1, 0.15) is 5.03 Å². The lowest BCUT2D eigenvalue weighted by atomic mass is 10.5. The SMILES string of the molecule is CCSc1cccnc1SNC(=O)Nc1nc(OC)cc(OC)n1. The minimum Gasteiger partial charge on any atom is -0.481 e. The Bertz CT molecular complexity index is 680. The number of carbonyl (C=O) groups excluding carboxylic acids is 1. The smallest absolute Gasteiger partial charge is 0.331 e. The molecule has 10 heteroatoms. The van der Waals surface area contributed by atoms with Crippen LogP contribution in [-0.2, 0) is 0 Å². The van der Waals surface area contributed by atoms with Gasteiger partial charge in [-0.15, -0.1) is 11.8 Å². The predicted molar refractivity (Wildman–Crippen MR) is 93.8 cm³/mol. The molecule has 0 aromatic carbocycles. The maximum atomic E-state index is 12.0. The van der Waals surface area contributed by atoms with Gasteiger partial charge in [0.15, 0.2) is 0 Å². The van der Waals surface area contributed by atoms with Crippen molar-refractivity contribution in [2.75, 3.05) is 25.3 Å². The summed E-state index contributed by atoms with van der Waals surface area (Å²) < 4.78 is 12.7. The third-order valence-corrected chi connectivity index (χ3v) is 4.46. The van der Waals surface area contributed by atoms with Crippen LogP contribution in [0.15, 0.2) is 34.3 Å². The van der Waals surface area contributed by atoms with Gasteiger partial charge in [0, 0.05) is 23.0 Å². The lowest BCUT2D eigenvalue weighted by Gasteiger charge is -2.09. The van der Waals surface area contributed by atoms with E-state index in [2.05, 4.69) is 31.9 Å². The van der Waals surface area contributed by atoms with Crippen LogP contribution in [0.3, 0.4) is 0 Å². The highest BCUT2D eigenvalue weighted by Crippen LogP contribution is 2.27. The molecule has 0 spiro atoms. The molecule has 0 bridgehead atoms. The van der Waals surface area contributed by atoms with Gasteiger partial charge in [0.05, 0.1) is 20.3 Å². The van der Waals surface area contributed by atoms with Crippen LogP contribution in [0.4, 0.5) is 10.7 Å². The number of rotatable bonds is 7. The molecule has 0 radical (unpaired) electrons. The highest BCUT2D eigenvalue weighted by molar-refractivity contribution is 8.01. The normalized spacial score (nSPS) is 10.1. The number of ether oxygens (including phenoxy) is 2. The molecule has 0 atom stereocenters. The average molecular weight is 367 g/mol. The Kier molecular flexibility index (Phi) is 6.94. The van der Waals surface area contributed by atoms with Gasteiger partial charge in [-0.1, -0.05) is 6.92 Å². The van der Waals surface area contributed by atoms with Crippen LogP contribution >= 0.6 is 23.7 Å². The number of hydrogen-bond donors (Lipinski definition) is 2. The number of pyridine rings is 1. The first kappa shape index (κ1) is 18.1. The van der Waals surface area contributed by atoms with E-state index in [0.29, 0.717) is 0 Å². The number of hydrogen-bond acceptors (Lipinski definition) is 8. The van der Waals surface area contributed by atoms with Gasteiger partial charge in [-0.25, -0.2) is 9.78 Å². The second-order valence-electron chi connectivity index (χ2n) is 4.17. The van der Waals surface area contributed by atoms with Gasteiger partial charge < -0.3 is 9.47 Å². The van der Waals surface area contributed by atoms with Gasteiger partial charge in [-0.2, -0.15) is 9.97 Å². The van der Waals surface area contributed by atoms with E-state index in [0.717, 1.165) is 27.6 Å². The number of methoxy groups -OCH3 is 2. The van der Waals surface area contributed by atoms with E-state index in [9.17, 15) is 4.79 Å². The number of thioether (sulfide) groups is 1. The molecule has 2 aromatic rings. The third kappa shape index (κ3) is 5.17. The van der Waals surface area contributed by atoms with E-state index in [-0.39, 0.29) is 17.7 Å². The van der Waals surface area contributed by atoms with Crippen molar-refractivity contribution in [3.8, 4) is 11.8 Å². The molecular formula is C14H17N5O3S2. The van der Waals surface area contributed by atoms with Gasteiger partial charge in [0.2, 0.25) is 17.7 Å². The van der Waals surface area contributed by atoms with Crippen molar-refractivity contribution in [1.29, 1.82) is 0 Å².